The molecule has 3 rings (SSSR count). The Balaban J connectivity index is 1.98. The smallest absolute Gasteiger partial charge is 0.258 e. The number of ether oxygens (including phenoxy) is 1. The number of aliphatic hydroxyl groups excluding tert-OH is 1. The van der Waals surface area contributed by atoms with Crippen molar-refractivity contribution >= 4 is 21.6 Å². The Labute approximate surface area is 195 Å². The average Bonchev–Trinajstić information content (AvgIpc) is 2.75. The molecule has 1 aliphatic heterocycles. The molecular weight excluding hydrogens is 444 g/mol. The summed E-state index contributed by atoms with van der Waals surface area (Å²) in [7, 11) is -1.61. The van der Waals surface area contributed by atoms with E-state index in [0.717, 1.165) is 11.8 Å². The van der Waals surface area contributed by atoms with Crippen LogP contribution in [0.3, 0.4) is 0 Å². The van der Waals surface area contributed by atoms with Gasteiger partial charge in [0, 0.05) is 37.9 Å². The first kappa shape index (κ1) is 24.9. The third-order valence-corrected chi connectivity index (χ3v) is 6.27. The molecule has 0 saturated heterocycles. The van der Waals surface area contributed by atoms with Crippen molar-refractivity contribution < 1.29 is 23.1 Å². The minimum Gasteiger partial charge on any atom is -0.486 e. The standard InChI is InChI=1S/C23H32N4O5S/c1-16-12-27(17(2)15-28)23(29)19-6-5-7-20(25-33(4,30)31)22(19)32-21(16)14-26(3)13-18-8-10-24-11-9-18/h5-11,16-17,21,25,28H,12-15H2,1-4H3/t16-,17-,21+/m0/s1. The lowest BCUT2D eigenvalue weighted by Crippen LogP contribution is -2.49. The molecule has 1 aromatic heterocycles. The summed E-state index contributed by atoms with van der Waals surface area (Å²) >= 11 is 0. The lowest BCUT2D eigenvalue weighted by atomic mass is 9.99. The normalized spacial score (nSPS) is 19.9. The van der Waals surface area contributed by atoms with Crippen molar-refractivity contribution in [2.75, 3.05) is 37.7 Å². The second-order valence-electron chi connectivity index (χ2n) is 8.73. The Bertz CT molecular complexity index is 1060. The molecule has 1 aliphatic rings. The van der Waals surface area contributed by atoms with Crippen LogP contribution in [-0.4, -0.2) is 79.4 Å². The number of hydrogen-bond acceptors (Lipinski definition) is 7. The summed E-state index contributed by atoms with van der Waals surface area (Å²) < 4.78 is 32.8. The van der Waals surface area contributed by atoms with Gasteiger partial charge in [-0.2, -0.15) is 0 Å². The molecule has 1 amide bonds. The molecule has 2 aromatic rings. The number of carbonyl (C=O) groups excluding carboxylic acids is 1. The molecule has 0 bridgehead atoms. The SMILES string of the molecule is C[C@H]1CN([C@@H](C)CO)C(=O)c2cccc(NS(C)(=O)=O)c2O[C@@H]1CN(C)Cc1ccncc1. The van der Waals surface area contributed by atoms with Crippen molar-refractivity contribution in [3.63, 3.8) is 0 Å². The van der Waals surface area contributed by atoms with Crippen LogP contribution in [0, 0.1) is 5.92 Å². The van der Waals surface area contributed by atoms with Gasteiger partial charge < -0.3 is 14.7 Å². The molecule has 0 fully saturated rings. The van der Waals surface area contributed by atoms with E-state index >= 15 is 0 Å². The molecule has 33 heavy (non-hydrogen) atoms. The van der Waals surface area contributed by atoms with E-state index in [-0.39, 0.29) is 41.5 Å². The van der Waals surface area contributed by atoms with Crippen LogP contribution in [0.5, 0.6) is 5.75 Å². The molecule has 0 radical (unpaired) electrons. The van der Waals surface area contributed by atoms with Gasteiger partial charge in [0.15, 0.2) is 5.75 Å². The number of benzene rings is 1. The topological polar surface area (TPSA) is 112 Å². The number of aliphatic hydroxyl groups is 1. The second-order valence-corrected chi connectivity index (χ2v) is 10.5. The number of amides is 1. The second kappa shape index (κ2) is 10.5. The number of nitrogens with zero attached hydrogens (tertiary/aromatic N) is 3. The van der Waals surface area contributed by atoms with Gasteiger partial charge in [-0.1, -0.05) is 13.0 Å². The van der Waals surface area contributed by atoms with E-state index in [4.69, 9.17) is 4.74 Å². The van der Waals surface area contributed by atoms with Gasteiger partial charge in [0.1, 0.15) is 6.10 Å². The van der Waals surface area contributed by atoms with E-state index in [1.54, 1.807) is 42.4 Å². The molecule has 1 aromatic carbocycles. The minimum atomic E-state index is -3.59. The third-order valence-electron chi connectivity index (χ3n) is 5.68. The van der Waals surface area contributed by atoms with E-state index < -0.39 is 16.1 Å². The van der Waals surface area contributed by atoms with E-state index in [1.807, 2.05) is 26.1 Å². The largest absolute Gasteiger partial charge is 0.486 e. The van der Waals surface area contributed by atoms with Gasteiger partial charge in [-0.05, 0) is 43.8 Å². The first-order valence-electron chi connectivity index (χ1n) is 10.9. The van der Waals surface area contributed by atoms with Crippen LogP contribution in [0.25, 0.3) is 0 Å². The summed E-state index contributed by atoms with van der Waals surface area (Å²) in [6, 6.07) is 8.32. The zero-order chi connectivity index (χ0) is 24.2. The number of hydrogen-bond donors (Lipinski definition) is 2. The lowest BCUT2D eigenvalue weighted by molar-refractivity contribution is 0.0344. The highest BCUT2D eigenvalue weighted by atomic mass is 32.2. The number of carbonyl (C=O) groups is 1. The van der Waals surface area contributed by atoms with Gasteiger partial charge in [0.05, 0.1) is 30.2 Å². The molecule has 3 atom stereocenters. The molecular formula is C23H32N4O5S. The third kappa shape index (κ3) is 6.43. The molecule has 0 aliphatic carbocycles. The summed E-state index contributed by atoms with van der Waals surface area (Å²) in [4.78, 5) is 21.2. The van der Waals surface area contributed by atoms with Crippen LogP contribution in [0.1, 0.15) is 29.8 Å². The average molecular weight is 477 g/mol. The maximum Gasteiger partial charge on any atom is 0.258 e. The van der Waals surface area contributed by atoms with Crippen molar-refractivity contribution in [3.8, 4) is 5.75 Å². The summed E-state index contributed by atoms with van der Waals surface area (Å²) in [5.41, 5.74) is 1.59. The number of anilines is 1. The van der Waals surface area contributed by atoms with E-state index in [2.05, 4.69) is 14.6 Å². The molecule has 0 unspecified atom stereocenters. The Kier molecular flexibility index (Phi) is 7.93. The molecule has 0 spiro atoms. The fraction of sp³-hybridized carbons (Fsp3) is 0.478. The summed E-state index contributed by atoms with van der Waals surface area (Å²) in [5, 5.41) is 9.75. The number of aromatic nitrogens is 1. The fourth-order valence-corrected chi connectivity index (χ4v) is 4.47. The van der Waals surface area contributed by atoms with Crippen LogP contribution >= 0.6 is 0 Å². The van der Waals surface area contributed by atoms with E-state index in [9.17, 15) is 18.3 Å². The van der Waals surface area contributed by atoms with Gasteiger partial charge in [0.2, 0.25) is 10.0 Å². The van der Waals surface area contributed by atoms with Gasteiger partial charge >= 0.3 is 0 Å². The number of pyridine rings is 1. The van der Waals surface area contributed by atoms with Crippen molar-refractivity contribution in [1.29, 1.82) is 0 Å². The molecule has 180 valence electrons. The Morgan fingerprint density at radius 1 is 1.30 bits per heavy atom. The Morgan fingerprint density at radius 3 is 2.64 bits per heavy atom. The van der Waals surface area contributed by atoms with Gasteiger partial charge in [-0.25, -0.2) is 8.42 Å². The predicted octanol–water partition coefficient (Wildman–Crippen LogP) is 1.81. The van der Waals surface area contributed by atoms with E-state index in [0.29, 0.717) is 19.6 Å². The van der Waals surface area contributed by atoms with Crippen LogP contribution in [-0.2, 0) is 16.6 Å². The van der Waals surface area contributed by atoms with E-state index in [1.165, 1.54) is 0 Å². The number of rotatable bonds is 8. The molecule has 2 N–H and O–H groups in total. The molecule has 2 heterocycles. The number of nitrogens with one attached hydrogen (secondary N) is 1. The van der Waals surface area contributed by atoms with Crippen LogP contribution < -0.4 is 9.46 Å². The quantitative estimate of drug-likeness (QED) is 0.598. The maximum absolute atomic E-state index is 13.4. The molecule has 0 saturated carbocycles. The van der Waals surface area contributed by atoms with Crippen LogP contribution in [0.15, 0.2) is 42.7 Å². The van der Waals surface area contributed by atoms with Crippen molar-refractivity contribution in [1.82, 2.24) is 14.8 Å². The first-order chi connectivity index (χ1) is 15.6. The first-order valence-corrected chi connectivity index (χ1v) is 12.7. The van der Waals surface area contributed by atoms with Crippen LogP contribution in [0.2, 0.25) is 0 Å². The highest BCUT2D eigenvalue weighted by molar-refractivity contribution is 7.92. The highest BCUT2D eigenvalue weighted by Crippen LogP contribution is 2.35. The van der Waals surface area contributed by atoms with Crippen molar-refractivity contribution in [2.45, 2.75) is 32.5 Å². The highest BCUT2D eigenvalue weighted by Gasteiger charge is 2.34. The van der Waals surface area contributed by atoms with Gasteiger partial charge in [0.25, 0.3) is 5.91 Å². The zero-order valence-electron chi connectivity index (χ0n) is 19.4. The predicted molar refractivity (Wildman–Crippen MR) is 127 cm³/mol. The molecule has 10 heteroatoms. The van der Waals surface area contributed by atoms with Gasteiger partial charge in [-0.15, -0.1) is 0 Å². The van der Waals surface area contributed by atoms with Gasteiger partial charge in [-0.3, -0.25) is 19.4 Å². The number of para-hydroxylation sites is 1. The number of fused-ring (bicyclic) bond motifs is 1. The molecule has 9 nitrogen and oxygen atoms in total. The van der Waals surface area contributed by atoms with Crippen molar-refractivity contribution in [3.05, 3.63) is 53.9 Å². The Hall–Kier alpha value is -2.69. The maximum atomic E-state index is 13.4. The minimum absolute atomic E-state index is 0.0812. The zero-order valence-corrected chi connectivity index (χ0v) is 20.2. The number of likely N-dealkylation sites (N-methyl/N-ethyl adjacent to an activating group) is 1. The monoisotopic (exact) mass is 476 g/mol. The Morgan fingerprint density at radius 2 is 2.00 bits per heavy atom. The summed E-state index contributed by atoms with van der Waals surface area (Å²) in [5.74, 6) is -0.182. The summed E-state index contributed by atoms with van der Waals surface area (Å²) in [6.45, 7) is 5.23. The van der Waals surface area contributed by atoms with Crippen molar-refractivity contribution in [2.24, 2.45) is 5.92 Å². The lowest BCUT2D eigenvalue weighted by Gasteiger charge is -2.38. The van der Waals surface area contributed by atoms with Crippen LogP contribution in [0.4, 0.5) is 5.69 Å². The number of sulfonamides is 1. The fourth-order valence-electron chi connectivity index (χ4n) is 3.91. The summed E-state index contributed by atoms with van der Waals surface area (Å²) in [6.07, 6.45) is 4.22.